The fraction of sp³-hybridized carbons (Fsp3) is 0.429. The number of ether oxygens (including phenoxy) is 3. The van der Waals surface area contributed by atoms with Crippen LogP contribution in [0.1, 0.15) is 24.8 Å². The van der Waals surface area contributed by atoms with Crippen molar-refractivity contribution in [1.29, 1.82) is 0 Å². The van der Waals surface area contributed by atoms with Gasteiger partial charge in [-0.05, 0) is 49.1 Å². The minimum atomic E-state index is -0.665. The molecule has 1 saturated carbocycles. The maximum absolute atomic E-state index is 13.3. The lowest BCUT2D eigenvalue weighted by atomic mass is 9.89. The van der Waals surface area contributed by atoms with Crippen molar-refractivity contribution in [3.05, 3.63) is 53.8 Å². The number of hydrogen-bond donors (Lipinski definition) is 2. The van der Waals surface area contributed by atoms with Crippen LogP contribution in [0.2, 0.25) is 0 Å². The van der Waals surface area contributed by atoms with Crippen LogP contribution in [0.5, 0.6) is 17.2 Å². The van der Waals surface area contributed by atoms with E-state index in [-0.39, 0.29) is 18.0 Å². The zero-order valence-corrected chi connectivity index (χ0v) is 15.7. The summed E-state index contributed by atoms with van der Waals surface area (Å²) in [4.78, 5) is 0. The van der Waals surface area contributed by atoms with Gasteiger partial charge in [-0.1, -0.05) is 12.1 Å². The van der Waals surface area contributed by atoms with E-state index in [2.05, 4.69) is 5.32 Å². The molecule has 0 unspecified atom stereocenters. The number of methoxy groups -OCH3 is 2. The Labute approximate surface area is 159 Å². The number of hydrogen-bond acceptors (Lipinski definition) is 5. The Morgan fingerprint density at radius 3 is 2.63 bits per heavy atom. The maximum Gasteiger partial charge on any atom is 0.161 e. The molecule has 146 valence electrons. The summed E-state index contributed by atoms with van der Waals surface area (Å²) < 4.78 is 29.8. The molecule has 1 aliphatic rings. The van der Waals surface area contributed by atoms with Crippen LogP contribution in [-0.2, 0) is 6.54 Å². The highest BCUT2D eigenvalue weighted by atomic mass is 19.1. The van der Waals surface area contributed by atoms with Crippen molar-refractivity contribution in [3.8, 4) is 17.2 Å². The van der Waals surface area contributed by atoms with Gasteiger partial charge in [0, 0.05) is 18.7 Å². The van der Waals surface area contributed by atoms with Crippen molar-refractivity contribution < 1.29 is 23.7 Å². The second-order valence-electron chi connectivity index (χ2n) is 6.71. The topological polar surface area (TPSA) is 60.0 Å². The molecule has 27 heavy (non-hydrogen) atoms. The molecule has 0 aliphatic heterocycles. The van der Waals surface area contributed by atoms with Crippen molar-refractivity contribution in [2.45, 2.75) is 44.1 Å². The summed E-state index contributed by atoms with van der Waals surface area (Å²) >= 11 is 0. The standard InChI is InChI=1S/C21H26FNO4/c1-25-18-10-9-14(11-20(18)26-2)13-23-17-7-4-8-19(21(17)24)27-16-6-3-5-15(22)12-16/h3,5-6,9-12,17,19,21,23-24H,4,7-8,13H2,1-2H3/t17-,19+,21+/m0/s1. The lowest BCUT2D eigenvalue weighted by molar-refractivity contribution is -0.0158. The third-order valence-corrected chi connectivity index (χ3v) is 4.90. The molecular formula is C21H26FNO4. The Kier molecular flexibility index (Phi) is 6.53. The van der Waals surface area contributed by atoms with E-state index in [1.54, 1.807) is 26.4 Å². The van der Waals surface area contributed by atoms with Crippen LogP contribution >= 0.6 is 0 Å². The highest BCUT2D eigenvalue weighted by molar-refractivity contribution is 5.42. The lowest BCUT2D eigenvalue weighted by Gasteiger charge is -2.35. The molecule has 3 rings (SSSR count). The third kappa shape index (κ3) is 4.90. The largest absolute Gasteiger partial charge is 0.493 e. The highest BCUT2D eigenvalue weighted by Gasteiger charge is 2.33. The molecule has 0 bridgehead atoms. The van der Waals surface area contributed by atoms with E-state index in [1.807, 2.05) is 18.2 Å². The van der Waals surface area contributed by atoms with Gasteiger partial charge < -0.3 is 24.6 Å². The van der Waals surface area contributed by atoms with Gasteiger partial charge in [-0.2, -0.15) is 0 Å². The first-order valence-corrected chi connectivity index (χ1v) is 9.15. The van der Waals surface area contributed by atoms with Gasteiger partial charge in [-0.3, -0.25) is 0 Å². The van der Waals surface area contributed by atoms with Crippen LogP contribution < -0.4 is 19.5 Å². The predicted octanol–water partition coefficient (Wildman–Crippen LogP) is 3.29. The highest BCUT2D eigenvalue weighted by Crippen LogP contribution is 2.28. The minimum absolute atomic E-state index is 0.0922. The van der Waals surface area contributed by atoms with Gasteiger partial charge in [-0.25, -0.2) is 4.39 Å². The van der Waals surface area contributed by atoms with Crippen molar-refractivity contribution >= 4 is 0 Å². The van der Waals surface area contributed by atoms with Gasteiger partial charge in [0.2, 0.25) is 0 Å². The average Bonchev–Trinajstić information content (AvgIpc) is 2.68. The van der Waals surface area contributed by atoms with Gasteiger partial charge in [0.25, 0.3) is 0 Å². The first kappa shape index (κ1) is 19.5. The van der Waals surface area contributed by atoms with Crippen LogP contribution in [0.3, 0.4) is 0 Å². The Morgan fingerprint density at radius 2 is 1.89 bits per heavy atom. The number of aliphatic hydroxyl groups is 1. The van der Waals surface area contributed by atoms with E-state index < -0.39 is 6.10 Å². The zero-order chi connectivity index (χ0) is 19.2. The fourth-order valence-electron chi connectivity index (χ4n) is 3.45. The number of halogens is 1. The SMILES string of the molecule is COc1ccc(CN[C@H]2CCC[C@@H](Oc3cccc(F)c3)[C@@H]2O)cc1OC. The van der Waals surface area contributed by atoms with E-state index in [0.29, 0.717) is 23.8 Å². The van der Waals surface area contributed by atoms with Gasteiger partial charge >= 0.3 is 0 Å². The summed E-state index contributed by atoms with van der Waals surface area (Å²) in [5.41, 5.74) is 1.04. The summed E-state index contributed by atoms with van der Waals surface area (Å²) in [6.45, 7) is 0.592. The van der Waals surface area contributed by atoms with Crippen molar-refractivity contribution in [2.24, 2.45) is 0 Å². The van der Waals surface area contributed by atoms with Crippen molar-refractivity contribution in [2.75, 3.05) is 14.2 Å². The van der Waals surface area contributed by atoms with E-state index in [4.69, 9.17) is 14.2 Å². The molecule has 3 atom stereocenters. The summed E-state index contributed by atoms with van der Waals surface area (Å²) in [6.07, 6.45) is 1.51. The van der Waals surface area contributed by atoms with E-state index >= 15 is 0 Å². The first-order valence-electron chi connectivity index (χ1n) is 9.15. The monoisotopic (exact) mass is 375 g/mol. The fourth-order valence-corrected chi connectivity index (χ4v) is 3.45. The molecule has 2 aromatic carbocycles. The van der Waals surface area contributed by atoms with Crippen LogP contribution in [0.15, 0.2) is 42.5 Å². The quantitative estimate of drug-likeness (QED) is 0.778. The van der Waals surface area contributed by atoms with E-state index in [9.17, 15) is 9.50 Å². The molecule has 2 N–H and O–H groups in total. The average molecular weight is 375 g/mol. The molecule has 0 spiro atoms. The molecule has 0 radical (unpaired) electrons. The zero-order valence-electron chi connectivity index (χ0n) is 15.7. The molecule has 0 heterocycles. The van der Waals surface area contributed by atoms with Crippen molar-refractivity contribution in [3.63, 3.8) is 0 Å². The molecule has 0 saturated heterocycles. The number of nitrogens with one attached hydrogen (secondary N) is 1. The first-order chi connectivity index (χ1) is 13.1. The lowest BCUT2D eigenvalue weighted by Crippen LogP contribution is -2.50. The molecule has 5 nitrogen and oxygen atoms in total. The van der Waals surface area contributed by atoms with Crippen LogP contribution in [0.4, 0.5) is 4.39 Å². The minimum Gasteiger partial charge on any atom is -0.493 e. The van der Waals surface area contributed by atoms with Crippen LogP contribution in [-0.4, -0.2) is 37.6 Å². The Hall–Kier alpha value is -2.31. The molecule has 0 amide bonds. The normalized spacial score (nSPS) is 22.3. The van der Waals surface area contributed by atoms with Gasteiger partial charge in [0.05, 0.1) is 14.2 Å². The van der Waals surface area contributed by atoms with E-state index in [1.165, 1.54) is 12.1 Å². The Balaban J connectivity index is 1.60. The Bertz CT molecular complexity index is 755. The van der Waals surface area contributed by atoms with Gasteiger partial charge in [-0.15, -0.1) is 0 Å². The third-order valence-electron chi connectivity index (χ3n) is 4.90. The summed E-state index contributed by atoms with van der Waals surface area (Å²) in [5, 5.41) is 14.1. The molecular weight excluding hydrogens is 349 g/mol. The maximum atomic E-state index is 13.3. The number of aliphatic hydroxyl groups excluding tert-OH is 1. The summed E-state index contributed by atoms with van der Waals surface area (Å²) in [6, 6.07) is 11.7. The molecule has 6 heteroatoms. The number of rotatable bonds is 7. The summed E-state index contributed by atoms with van der Waals surface area (Å²) in [7, 11) is 3.21. The molecule has 2 aromatic rings. The van der Waals surface area contributed by atoms with E-state index in [0.717, 1.165) is 24.8 Å². The smallest absolute Gasteiger partial charge is 0.161 e. The van der Waals surface area contributed by atoms with Gasteiger partial charge in [0.15, 0.2) is 11.5 Å². The molecule has 1 aliphatic carbocycles. The van der Waals surface area contributed by atoms with Crippen LogP contribution in [0.25, 0.3) is 0 Å². The predicted molar refractivity (Wildman–Crippen MR) is 101 cm³/mol. The number of benzene rings is 2. The second kappa shape index (κ2) is 9.06. The summed E-state index contributed by atoms with van der Waals surface area (Å²) in [5.74, 6) is 1.45. The molecule has 0 aromatic heterocycles. The molecule has 1 fully saturated rings. The van der Waals surface area contributed by atoms with Gasteiger partial charge in [0.1, 0.15) is 23.8 Å². The van der Waals surface area contributed by atoms with Crippen molar-refractivity contribution in [1.82, 2.24) is 5.32 Å². The Morgan fingerprint density at radius 1 is 1.07 bits per heavy atom. The second-order valence-corrected chi connectivity index (χ2v) is 6.71. The van der Waals surface area contributed by atoms with Crippen LogP contribution in [0, 0.1) is 5.82 Å².